The molecule has 7 rings (SSSR count). The van der Waals surface area contributed by atoms with E-state index in [1.165, 1.54) is 4.90 Å². The molecule has 2 atom stereocenters. The molecular weight excluding hydrogens is 408 g/mol. The molecule has 2 amide bonds. The van der Waals surface area contributed by atoms with E-state index >= 15 is 0 Å². The number of carbonyl (C=O) groups excluding carboxylic acids is 2. The molecule has 1 fully saturated rings. The predicted octanol–water partition coefficient (Wildman–Crippen LogP) is 4.72. The fourth-order valence-corrected chi connectivity index (χ4v) is 6.11. The van der Waals surface area contributed by atoms with Gasteiger partial charge in [0.15, 0.2) is 0 Å². The topological polar surface area (TPSA) is 61.2 Å². The number of nitrogens with zero attached hydrogens (tertiary/aromatic N) is 2. The maximum Gasteiger partial charge on any atom is 0.240 e. The number of anilines is 1. The first-order valence-corrected chi connectivity index (χ1v) is 10.6. The van der Waals surface area contributed by atoms with Crippen LogP contribution in [0.5, 0.6) is 0 Å². The molecule has 150 valence electrons. The second-order valence-electron chi connectivity index (χ2n) is 8.52. The van der Waals surface area contributed by atoms with Gasteiger partial charge < -0.3 is 0 Å². The molecule has 0 N–H and O–H groups in total. The summed E-state index contributed by atoms with van der Waals surface area (Å²) >= 11 is 6.31. The molecule has 4 aliphatic rings. The summed E-state index contributed by atoms with van der Waals surface area (Å²) < 4.78 is 0. The summed E-state index contributed by atoms with van der Waals surface area (Å²) in [6.45, 7) is 1.87. The molecule has 3 aromatic rings. The van der Waals surface area contributed by atoms with Gasteiger partial charge in [-0.3, -0.25) is 9.59 Å². The van der Waals surface area contributed by atoms with Crippen molar-refractivity contribution in [3.63, 3.8) is 0 Å². The molecular formula is C26H17ClN2O2. The van der Waals surface area contributed by atoms with E-state index in [0.717, 1.165) is 27.8 Å². The van der Waals surface area contributed by atoms with E-state index < -0.39 is 17.3 Å². The fourth-order valence-electron chi connectivity index (χ4n) is 5.94. The van der Waals surface area contributed by atoms with Crippen molar-refractivity contribution >= 4 is 29.1 Å². The predicted molar refractivity (Wildman–Crippen MR) is 117 cm³/mol. The van der Waals surface area contributed by atoms with Crippen LogP contribution in [0.1, 0.15) is 33.7 Å². The molecule has 1 heterocycles. The van der Waals surface area contributed by atoms with Crippen molar-refractivity contribution in [1.82, 2.24) is 0 Å². The van der Waals surface area contributed by atoms with E-state index in [-0.39, 0.29) is 17.7 Å². The summed E-state index contributed by atoms with van der Waals surface area (Å²) in [7, 11) is 0. The molecule has 1 aliphatic heterocycles. The standard InChI is InChI=1S/C26H17ClN2O2/c1-14-10-11-15(12-20(14)27)29-24(30)22-21-16-6-2-4-8-18(16)26(13-28,23(22)25(29)31)19-9-5-3-7-17(19)21/h2-12,21-23H,1H3/t21?,22-,23+,26?/m1/s1. The SMILES string of the molecule is Cc1ccc(N2C(=O)[C@@H]3C4c5ccccc5C(C#N)(c5ccccc54)[C@@H]3C2=O)cc1Cl. The highest BCUT2D eigenvalue weighted by atomic mass is 35.5. The molecule has 0 unspecified atom stereocenters. The van der Waals surface area contributed by atoms with Gasteiger partial charge in [0.25, 0.3) is 0 Å². The Morgan fingerprint density at radius 1 is 0.935 bits per heavy atom. The van der Waals surface area contributed by atoms with Gasteiger partial charge in [-0.1, -0.05) is 66.2 Å². The highest BCUT2D eigenvalue weighted by Gasteiger charge is 2.68. The Balaban J connectivity index is 1.64. The van der Waals surface area contributed by atoms with Crippen LogP contribution < -0.4 is 4.90 Å². The zero-order valence-corrected chi connectivity index (χ0v) is 17.4. The smallest absolute Gasteiger partial charge is 0.240 e. The fraction of sp³-hybridized carbons (Fsp3) is 0.192. The Bertz CT molecular complexity index is 1310. The molecule has 0 spiro atoms. The van der Waals surface area contributed by atoms with E-state index in [0.29, 0.717) is 10.7 Å². The number of aryl methyl sites for hydroxylation is 1. The molecule has 0 saturated carbocycles. The maximum atomic E-state index is 13.8. The molecule has 0 radical (unpaired) electrons. The summed E-state index contributed by atoms with van der Waals surface area (Å²) in [4.78, 5) is 28.8. The lowest BCUT2D eigenvalue weighted by Gasteiger charge is -2.50. The van der Waals surface area contributed by atoms with Gasteiger partial charge in [-0.15, -0.1) is 0 Å². The van der Waals surface area contributed by atoms with Gasteiger partial charge in [0.05, 0.1) is 23.6 Å². The third-order valence-electron chi connectivity index (χ3n) is 7.21. The Morgan fingerprint density at radius 3 is 2.13 bits per heavy atom. The van der Waals surface area contributed by atoms with Crippen LogP contribution in [-0.4, -0.2) is 11.8 Å². The monoisotopic (exact) mass is 424 g/mol. The Hall–Kier alpha value is -3.42. The zero-order chi connectivity index (χ0) is 21.5. The van der Waals surface area contributed by atoms with E-state index in [2.05, 4.69) is 6.07 Å². The van der Waals surface area contributed by atoms with Crippen molar-refractivity contribution in [3.05, 3.63) is 99.6 Å². The van der Waals surface area contributed by atoms with Crippen LogP contribution in [0.3, 0.4) is 0 Å². The van der Waals surface area contributed by atoms with Gasteiger partial charge in [0, 0.05) is 10.9 Å². The van der Waals surface area contributed by atoms with Crippen LogP contribution in [0.2, 0.25) is 5.02 Å². The molecule has 31 heavy (non-hydrogen) atoms. The molecule has 3 aliphatic carbocycles. The van der Waals surface area contributed by atoms with Gasteiger partial charge in [-0.05, 0) is 46.9 Å². The summed E-state index contributed by atoms with van der Waals surface area (Å²) in [5.41, 5.74) is 3.75. The van der Waals surface area contributed by atoms with Crippen LogP contribution >= 0.6 is 11.6 Å². The largest absolute Gasteiger partial charge is 0.274 e. The number of amides is 2. The number of hydrogen-bond donors (Lipinski definition) is 0. The van der Waals surface area contributed by atoms with Crippen molar-refractivity contribution in [3.8, 4) is 6.07 Å². The first kappa shape index (κ1) is 18.4. The van der Waals surface area contributed by atoms with E-state index in [4.69, 9.17) is 11.6 Å². The summed E-state index contributed by atoms with van der Waals surface area (Å²) in [6, 6.07) is 23.2. The third kappa shape index (κ3) is 2.05. The Kier molecular flexibility index (Phi) is 3.59. The summed E-state index contributed by atoms with van der Waals surface area (Å²) in [5.74, 6) is -2.22. The quantitative estimate of drug-likeness (QED) is 0.531. The van der Waals surface area contributed by atoms with Crippen molar-refractivity contribution < 1.29 is 9.59 Å². The number of rotatable bonds is 1. The lowest BCUT2D eigenvalue weighted by atomic mass is 9.48. The average Bonchev–Trinajstić information content (AvgIpc) is 3.07. The average molecular weight is 425 g/mol. The number of nitriles is 1. The van der Waals surface area contributed by atoms with Crippen LogP contribution in [0.15, 0.2) is 66.7 Å². The van der Waals surface area contributed by atoms with Gasteiger partial charge in [-0.25, -0.2) is 4.90 Å². The Labute approximate surface area is 184 Å². The minimum Gasteiger partial charge on any atom is -0.274 e. The summed E-state index contributed by atoms with van der Waals surface area (Å²) in [5, 5.41) is 11.1. The summed E-state index contributed by atoms with van der Waals surface area (Å²) in [6.07, 6.45) is 0. The van der Waals surface area contributed by atoms with Crippen molar-refractivity contribution in [1.29, 1.82) is 5.26 Å². The normalized spacial score (nSPS) is 27.5. The molecule has 2 bridgehead atoms. The molecule has 5 heteroatoms. The number of imide groups is 1. The molecule has 4 nitrogen and oxygen atoms in total. The van der Waals surface area contributed by atoms with Crippen molar-refractivity contribution in [2.24, 2.45) is 11.8 Å². The van der Waals surface area contributed by atoms with Gasteiger partial charge >= 0.3 is 0 Å². The number of carbonyl (C=O) groups is 2. The maximum absolute atomic E-state index is 13.8. The van der Waals surface area contributed by atoms with E-state index in [1.807, 2.05) is 55.5 Å². The first-order valence-electron chi connectivity index (χ1n) is 10.2. The highest BCUT2D eigenvalue weighted by Crippen LogP contribution is 2.64. The van der Waals surface area contributed by atoms with Crippen molar-refractivity contribution in [2.75, 3.05) is 4.90 Å². The van der Waals surface area contributed by atoms with Gasteiger partial charge in [-0.2, -0.15) is 5.26 Å². The van der Waals surface area contributed by atoms with Crippen LogP contribution in [0, 0.1) is 30.1 Å². The molecule has 3 aromatic carbocycles. The van der Waals surface area contributed by atoms with Crippen molar-refractivity contribution in [2.45, 2.75) is 18.3 Å². The first-order chi connectivity index (χ1) is 15.0. The second kappa shape index (κ2) is 6.06. The second-order valence-corrected chi connectivity index (χ2v) is 8.93. The Morgan fingerprint density at radius 2 is 1.55 bits per heavy atom. The molecule has 1 saturated heterocycles. The van der Waals surface area contributed by atoms with E-state index in [1.54, 1.807) is 18.2 Å². The zero-order valence-electron chi connectivity index (χ0n) is 16.7. The highest BCUT2D eigenvalue weighted by molar-refractivity contribution is 6.32. The minimum atomic E-state index is -1.19. The molecule has 0 aromatic heterocycles. The minimum absolute atomic E-state index is 0.255. The van der Waals surface area contributed by atoms with Gasteiger partial charge in [0.1, 0.15) is 5.41 Å². The van der Waals surface area contributed by atoms with Gasteiger partial charge in [0.2, 0.25) is 11.8 Å². The van der Waals surface area contributed by atoms with Crippen LogP contribution in [0.4, 0.5) is 5.69 Å². The number of hydrogen-bond acceptors (Lipinski definition) is 3. The third-order valence-corrected chi connectivity index (χ3v) is 7.62. The number of benzene rings is 3. The van der Waals surface area contributed by atoms with Crippen LogP contribution in [-0.2, 0) is 15.0 Å². The van der Waals surface area contributed by atoms with E-state index in [9.17, 15) is 14.9 Å². The van der Waals surface area contributed by atoms with Crippen LogP contribution in [0.25, 0.3) is 0 Å². The number of halogens is 1. The lowest BCUT2D eigenvalue weighted by molar-refractivity contribution is -0.122. The lowest BCUT2D eigenvalue weighted by Crippen LogP contribution is -2.52.